The zero-order chi connectivity index (χ0) is 14.7. The molecule has 2 rings (SSSR count). The third kappa shape index (κ3) is 3.63. The van der Waals surface area contributed by atoms with Crippen LogP contribution < -0.4 is 15.8 Å². The zero-order valence-electron chi connectivity index (χ0n) is 11.3. The first-order valence-corrected chi connectivity index (χ1v) is 7.03. The van der Waals surface area contributed by atoms with E-state index in [0.717, 1.165) is 10.2 Å². The molecule has 2 aromatic carbocycles. The summed E-state index contributed by atoms with van der Waals surface area (Å²) in [5.74, 6) is -0.272. The zero-order valence-corrected chi connectivity index (χ0v) is 12.9. The Morgan fingerprint density at radius 1 is 1.20 bits per heavy atom. The highest BCUT2D eigenvalue weighted by Gasteiger charge is 2.10. The van der Waals surface area contributed by atoms with Gasteiger partial charge >= 0.3 is 0 Å². The van der Waals surface area contributed by atoms with Crippen LogP contribution in [0.2, 0.25) is 0 Å². The minimum atomic E-state index is -0.461. The van der Waals surface area contributed by atoms with Crippen molar-refractivity contribution in [3.8, 4) is 5.75 Å². The third-order valence-electron chi connectivity index (χ3n) is 2.59. The van der Waals surface area contributed by atoms with E-state index in [1.165, 1.54) is 6.07 Å². The van der Waals surface area contributed by atoms with Gasteiger partial charge in [0.1, 0.15) is 0 Å². The molecule has 0 unspecified atom stereocenters. The lowest BCUT2D eigenvalue weighted by Gasteiger charge is -2.15. The first kappa shape index (κ1) is 14.7. The van der Waals surface area contributed by atoms with Crippen LogP contribution in [-0.4, -0.2) is 6.10 Å². The number of hydrogen-bond donors (Lipinski definition) is 2. The summed E-state index contributed by atoms with van der Waals surface area (Å²) in [7, 11) is 0. The molecule has 0 fully saturated rings. The summed E-state index contributed by atoms with van der Waals surface area (Å²) in [6.45, 7) is 3.69. The second-order valence-corrected chi connectivity index (χ2v) is 5.58. The van der Waals surface area contributed by atoms with Crippen molar-refractivity contribution in [2.24, 2.45) is 0 Å². The lowest BCUT2D eigenvalue weighted by atomic mass is 10.2. The third-order valence-corrected chi connectivity index (χ3v) is 3.12. The van der Waals surface area contributed by atoms with Gasteiger partial charge in [-0.2, -0.15) is 0 Å². The molecule has 3 N–H and O–H groups in total. The van der Waals surface area contributed by atoms with Gasteiger partial charge < -0.3 is 15.8 Å². The van der Waals surface area contributed by atoms with E-state index in [0.29, 0.717) is 11.4 Å². The van der Waals surface area contributed by atoms with Crippen molar-refractivity contribution >= 4 is 33.0 Å². The maximum absolute atomic E-state index is 13.7. The van der Waals surface area contributed by atoms with Crippen LogP contribution in [0.15, 0.2) is 40.9 Å². The van der Waals surface area contributed by atoms with E-state index in [1.54, 1.807) is 6.07 Å². The molecule has 2 aromatic rings. The molecule has 0 spiro atoms. The average molecular weight is 339 g/mol. The number of nitrogen functional groups attached to an aromatic ring is 1. The number of hydrogen-bond acceptors (Lipinski definition) is 3. The molecule has 0 amide bonds. The smallest absolute Gasteiger partial charge is 0.167 e. The molecular weight excluding hydrogens is 323 g/mol. The maximum Gasteiger partial charge on any atom is 0.167 e. The fourth-order valence-corrected chi connectivity index (χ4v) is 1.97. The first-order chi connectivity index (χ1) is 9.45. The fraction of sp³-hybridized carbons (Fsp3) is 0.200. The van der Waals surface area contributed by atoms with Crippen LogP contribution in [-0.2, 0) is 0 Å². The standard InChI is InChI=1S/C15H16BrFN2O/c1-9(2)20-15-8-14(13(18)7-12(15)17)19-11-5-3-10(16)4-6-11/h3-9,19H,18H2,1-2H3. The molecule has 0 saturated carbocycles. The molecular formula is C15H16BrFN2O. The van der Waals surface area contributed by atoms with Gasteiger partial charge in [-0.05, 0) is 38.1 Å². The van der Waals surface area contributed by atoms with Crippen LogP contribution in [0.4, 0.5) is 21.5 Å². The topological polar surface area (TPSA) is 47.3 Å². The van der Waals surface area contributed by atoms with Gasteiger partial charge in [0.2, 0.25) is 0 Å². The summed E-state index contributed by atoms with van der Waals surface area (Å²) in [4.78, 5) is 0. The van der Waals surface area contributed by atoms with Crippen molar-refractivity contribution in [1.29, 1.82) is 0 Å². The van der Waals surface area contributed by atoms with Crippen LogP contribution in [0.3, 0.4) is 0 Å². The predicted octanol–water partition coefficient (Wildman–Crippen LogP) is 4.70. The van der Waals surface area contributed by atoms with Crippen LogP contribution in [0.1, 0.15) is 13.8 Å². The molecule has 3 nitrogen and oxygen atoms in total. The van der Waals surface area contributed by atoms with Gasteiger partial charge in [-0.1, -0.05) is 15.9 Å². The lowest BCUT2D eigenvalue weighted by molar-refractivity contribution is 0.231. The summed E-state index contributed by atoms with van der Waals surface area (Å²) in [6.07, 6.45) is -0.103. The number of rotatable bonds is 4. The van der Waals surface area contributed by atoms with E-state index in [-0.39, 0.29) is 11.9 Å². The van der Waals surface area contributed by atoms with Gasteiger partial charge in [-0.3, -0.25) is 0 Å². The highest BCUT2D eigenvalue weighted by atomic mass is 79.9. The van der Waals surface area contributed by atoms with Crippen molar-refractivity contribution in [1.82, 2.24) is 0 Å². The molecule has 5 heteroatoms. The summed E-state index contributed by atoms with van der Waals surface area (Å²) in [6, 6.07) is 10.5. The highest BCUT2D eigenvalue weighted by molar-refractivity contribution is 9.10. The van der Waals surface area contributed by atoms with Gasteiger partial charge in [-0.25, -0.2) is 4.39 Å². The molecule has 0 atom stereocenters. The maximum atomic E-state index is 13.7. The van der Waals surface area contributed by atoms with Gasteiger partial charge in [-0.15, -0.1) is 0 Å². The Balaban J connectivity index is 2.28. The monoisotopic (exact) mass is 338 g/mol. The summed E-state index contributed by atoms with van der Waals surface area (Å²) in [5, 5.41) is 3.15. The molecule has 0 aromatic heterocycles. The van der Waals surface area contributed by atoms with Crippen molar-refractivity contribution in [3.63, 3.8) is 0 Å². The first-order valence-electron chi connectivity index (χ1n) is 6.24. The molecule has 20 heavy (non-hydrogen) atoms. The number of ether oxygens (including phenoxy) is 1. The molecule has 106 valence electrons. The van der Waals surface area contributed by atoms with E-state index < -0.39 is 5.82 Å². The van der Waals surface area contributed by atoms with Crippen LogP contribution in [0.5, 0.6) is 5.75 Å². The summed E-state index contributed by atoms with van der Waals surface area (Å²) in [5.41, 5.74) is 7.64. The second-order valence-electron chi connectivity index (χ2n) is 4.67. The molecule has 0 radical (unpaired) electrons. The van der Waals surface area contributed by atoms with Gasteiger partial charge in [0.25, 0.3) is 0 Å². The van der Waals surface area contributed by atoms with E-state index in [1.807, 2.05) is 38.1 Å². The lowest BCUT2D eigenvalue weighted by Crippen LogP contribution is -2.08. The number of nitrogens with two attached hydrogens (primary N) is 1. The SMILES string of the molecule is CC(C)Oc1cc(Nc2ccc(Br)cc2)c(N)cc1F. The number of halogens is 2. The number of anilines is 3. The minimum Gasteiger partial charge on any atom is -0.488 e. The van der Waals surface area contributed by atoms with Crippen LogP contribution in [0, 0.1) is 5.82 Å². The highest BCUT2D eigenvalue weighted by Crippen LogP contribution is 2.31. The van der Waals surface area contributed by atoms with Crippen LogP contribution >= 0.6 is 15.9 Å². The summed E-state index contributed by atoms with van der Waals surface area (Å²) < 4.78 is 20.1. The quantitative estimate of drug-likeness (QED) is 0.794. The van der Waals surface area contributed by atoms with E-state index in [4.69, 9.17) is 10.5 Å². The van der Waals surface area contributed by atoms with Crippen molar-refractivity contribution < 1.29 is 9.13 Å². The largest absolute Gasteiger partial charge is 0.488 e. The Labute approximate surface area is 126 Å². The van der Waals surface area contributed by atoms with Gasteiger partial charge in [0.05, 0.1) is 17.5 Å². The van der Waals surface area contributed by atoms with Crippen molar-refractivity contribution in [3.05, 3.63) is 46.7 Å². The molecule has 0 aliphatic heterocycles. The van der Waals surface area contributed by atoms with E-state index >= 15 is 0 Å². The Morgan fingerprint density at radius 2 is 1.85 bits per heavy atom. The number of benzene rings is 2. The van der Waals surface area contributed by atoms with Gasteiger partial charge in [0.15, 0.2) is 11.6 Å². The number of nitrogens with one attached hydrogen (secondary N) is 1. The molecule has 0 heterocycles. The van der Waals surface area contributed by atoms with E-state index in [2.05, 4.69) is 21.2 Å². The van der Waals surface area contributed by atoms with Crippen molar-refractivity contribution in [2.45, 2.75) is 20.0 Å². The summed E-state index contributed by atoms with van der Waals surface area (Å²) >= 11 is 3.37. The minimum absolute atomic E-state index is 0.103. The normalized spacial score (nSPS) is 10.7. The molecule has 0 bridgehead atoms. The molecule has 0 saturated heterocycles. The van der Waals surface area contributed by atoms with E-state index in [9.17, 15) is 4.39 Å². The Kier molecular flexibility index (Phi) is 4.49. The van der Waals surface area contributed by atoms with Crippen LogP contribution in [0.25, 0.3) is 0 Å². The molecule has 0 aliphatic rings. The fourth-order valence-electron chi connectivity index (χ4n) is 1.71. The predicted molar refractivity (Wildman–Crippen MR) is 84.0 cm³/mol. The Morgan fingerprint density at radius 3 is 2.45 bits per heavy atom. The van der Waals surface area contributed by atoms with Gasteiger partial charge in [0, 0.05) is 22.3 Å². The molecule has 0 aliphatic carbocycles. The Bertz CT molecular complexity index is 600. The Hall–Kier alpha value is -1.75. The average Bonchev–Trinajstić information content (AvgIpc) is 2.37. The second kappa shape index (κ2) is 6.13. The van der Waals surface area contributed by atoms with Crippen molar-refractivity contribution in [2.75, 3.05) is 11.1 Å².